The van der Waals surface area contributed by atoms with Gasteiger partial charge in [0.15, 0.2) is 0 Å². The van der Waals surface area contributed by atoms with E-state index in [1.165, 1.54) is 22.9 Å². The van der Waals surface area contributed by atoms with Crippen LogP contribution in [0.15, 0.2) is 53.5 Å². The zero-order valence-electron chi connectivity index (χ0n) is 10.1. The summed E-state index contributed by atoms with van der Waals surface area (Å²) in [4.78, 5) is 22.8. The molecule has 19 heavy (non-hydrogen) atoms. The van der Waals surface area contributed by atoms with Crippen LogP contribution in [0.5, 0.6) is 0 Å². The Morgan fingerprint density at radius 1 is 1.16 bits per heavy atom. The first-order valence-electron chi connectivity index (χ1n) is 5.75. The molecule has 1 aromatic carbocycles. The fourth-order valence-electron chi connectivity index (χ4n) is 1.90. The van der Waals surface area contributed by atoms with E-state index in [0.717, 1.165) is 5.56 Å². The first-order valence-corrected chi connectivity index (χ1v) is 5.75. The Hall–Kier alpha value is -2.40. The van der Waals surface area contributed by atoms with Gasteiger partial charge in [-0.25, -0.2) is 4.79 Å². The number of hydrogen-bond donors (Lipinski definition) is 2. The molecule has 98 valence electrons. The molecule has 0 radical (unpaired) electrons. The van der Waals surface area contributed by atoms with Gasteiger partial charge in [-0.2, -0.15) is 0 Å². The molecule has 2 aromatic rings. The second-order valence-electron chi connectivity index (χ2n) is 4.08. The zero-order chi connectivity index (χ0) is 13.8. The van der Waals surface area contributed by atoms with E-state index in [1.54, 1.807) is 24.3 Å². The standard InChI is InChI=1S/C14H13NO4/c16-9-12(10-4-2-1-3-5-10)15-8-11(14(18)19)6-7-13(15)17/h1-8,12,16H,9H2,(H,18,19)/t12-/m1/s1. The van der Waals surface area contributed by atoms with E-state index in [0.29, 0.717) is 0 Å². The predicted octanol–water partition coefficient (Wildman–Crippen LogP) is 1.13. The van der Waals surface area contributed by atoms with Crippen LogP contribution in [0.4, 0.5) is 0 Å². The molecule has 1 atom stereocenters. The fourth-order valence-corrected chi connectivity index (χ4v) is 1.90. The van der Waals surface area contributed by atoms with Crippen molar-refractivity contribution in [3.8, 4) is 0 Å². The minimum absolute atomic E-state index is 0.00832. The molecule has 0 aliphatic rings. The van der Waals surface area contributed by atoms with Crippen LogP contribution in [0.2, 0.25) is 0 Å². The third kappa shape index (κ3) is 2.71. The van der Waals surface area contributed by atoms with Crippen molar-refractivity contribution in [1.29, 1.82) is 0 Å². The number of pyridine rings is 1. The summed E-state index contributed by atoms with van der Waals surface area (Å²) >= 11 is 0. The van der Waals surface area contributed by atoms with Gasteiger partial charge in [0.05, 0.1) is 18.2 Å². The molecule has 1 aromatic heterocycles. The molecular weight excluding hydrogens is 246 g/mol. The number of hydrogen-bond acceptors (Lipinski definition) is 3. The van der Waals surface area contributed by atoms with Crippen LogP contribution in [0.1, 0.15) is 22.0 Å². The number of carboxylic acid groups (broad SMARTS) is 1. The molecule has 0 saturated heterocycles. The van der Waals surface area contributed by atoms with E-state index in [9.17, 15) is 14.7 Å². The second kappa shape index (κ2) is 5.49. The number of aliphatic hydroxyl groups is 1. The van der Waals surface area contributed by atoms with Gasteiger partial charge in [-0.05, 0) is 11.6 Å². The third-order valence-corrected chi connectivity index (χ3v) is 2.88. The Labute approximate surface area is 109 Å². The van der Waals surface area contributed by atoms with Gasteiger partial charge in [0, 0.05) is 12.3 Å². The number of aromatic nitrogens is 1. The van der Waals surface area contributed by atoms with Crippen molar-refractivity contribution in [1.82, 2.24) is 4.57 Å². The van der Waals surface area contributed by atoms with Gasteiger partial charge in [0.2, 0.25) is 0 Å². The number of carbonyl (C=O) groups is 1. The average Bonchev–Trinajstić information content (AvgIpc) is 2.42. The van der Waals surface area contributed by atoms with E-state index >= 15 is 0 Å². The van der Waals surface area contributed by atoms with Crippen LogP contribution >= 0.6 is 0 Å². The van der Waals surface area contributed by atoms with Crippen molar-refractivity contribution in [2.24, 2.45) is 0 Å². The van der Waals surface area contributed by atoms with Gasteiger partial charge < -0.3 is 14.8 Å². The van der Waals surface area contributed by atoms with Crippen molar-refractivity contribution < 1.29 is 15.0 Å². The zero-order valence-corrected chi connectivity index (χ0v) is 10.1. The average molecular weight is 259 g/mol. The van der Waals surface area contributed by atoms with Gasteiger partial charge in [-0.1, -0.05) is 30.3 Å². The van der Waals surface area contributed by atoms with Gasteiger partial charge in [-0.15, -0.1) is 0 Å². The number of benzene rings is 1. The van der Waals surface area contributed by atoms with Crippen LogP contribution in [0, 0.1) is 0 Å². The highest BCUT2D eigenvalue weighted by atomic mass is 16.4. The molecular formula is C14H13NO4. The van der Waals surface area contributed by atoms with Crippen LogP contribution < -0.4 is 5.56 Å². The van der Waals surface area contributed by atoms with Gasteiger partial charge in [0.1, 0.15) is 0 Å². The minimum atomic E-state index is -1.11. The summed E-state index contributed by atoms with van der Waals surface area (Å²) in [5.41, 5.74) is 0.400. The number of carboxylic acids is 1. The Morgan fingerprint density at radius 3 is 2.42 bits per heavy atom. The van der Waals surface area contributed by atoms with Gasteiger partial charge in [-0.3, -0.25) is 4.79 Å². The molecule has 0 amide bonds. The predicted molar refractivity (Wildman–Crippen MR) is 69.3 cm³/mol. The third-order valence-electron chi connectivity index (χ3n) is 2.88. The highest BCUT2D eigenvalue weighted by molar-refractivity contribution is 5.87. The fraction of sp³-hybridized carbons (Fsp3) is 0.143. The largest absolute Gasteiger partial charge is 0.478 e. The smallest absolute Gasteiger partial charge is 0.337 e. The molecule has 0 aliphatic heterocycles. The van der Waals surface area contributed by atoms with Crippen LogP contribution in [-0.2, 0) is 0 Å². The van der Waals surface area contributed by atoms with E-state index in [4.69, 9.17) is 5.11 Å². The molecule has 0 aliphatic carbocycles. The monoisotopic (exact) mass is 259 g/mol. The van der Waals surface area contributed by atoms with E-state index in [2.05, 4.69) is 0 Å². The van der Waals surface area contributed by atoms with E-state index < -0.39 is 12.0 Å². The summed E-state index contributed by atoms with van der Waals surface area (Å²) in [7, 11) is 0. The minimum Gasteiger partial charge on any atom is -0.478 e. The number of aromatic carboxylic acids is 1. The van der Waals surface area contributed by atoms with Crippen molar-refractivity contribution >= 4 is 5.97 Å². The number of rotatable bonds is 4. The number of aliphatic hydroxyl groups excluding tert-OH is 1. The van der Waals surface area contributed by atoms with Crippen molar-refractivity contribution in [3.05, 3.63) is 70.1 Å². The summed E-state index contributed by atoms with van der Waals surface area (Å²) in [6.45, 7) is -0.285. The Morgan fingerprint density at radius 2 is 1.84 bits per heavy atom. The van der Waals surface area contributed by atoms with Crippen molar-refractivity contribution in [3.63, 3.8) is 0 Å². The van der Waals surface area contributed by atoms with E-state index in [-0.39, 0.29) is 17.7 Å². The Balaban J connectivity index is 2.52. The SMILES string of the molecule is O=C(O)c1ccc(=O)n([C@H](CO)c2ccccc2)c1. The van der Waals surface area contributed by atoms with Crippen LogP contribution in [0.3, 0.4) is 0 Å². The summed E-state index contributed by atoms with van der Waals surface area (Å²) < 4.78 is 1.23. The molecule has 2 rings (SSSR count). The Kier molecular flexibility index (Phi) is 3.77. The second-order valence-corrected chi connectivity index (χ2v) is 4.08. The highest BCUT2D eigenvalue weighted by Gasteiger charge is 2.15. The van der Waals surface area contributed by atoms with Gasteiger partial charge in [0.25, 0.3) is 5.56 Å². The van der Waals surface area contributed by atoms with Crippen molar-refractivity contribution in [2.75, 3.05) is 6.61 Å². The molecule has 0 spiro atoms. The maximum Gasteiger partial charge on any atom is 0.337 e. The first-order chi connectivity index (χ1) is 9.13. The van der Waals surface area contributed by atoms with Crippen LogP contribution in [-0.4, -0.2) is 27.4 Å². The molecule has 0 saturated carbocycles. The lowest BCUT2D eigenvalue weighted by Crippen LogP contribution is -2.27. The number of nitrogens with zero attached hydrogens (tertiary/aromatic N) is 1. The molecule has 0 unspecified atom stereocenters. The van der Waals surface area contributed by atoms with Gasteiger partial charge >= 0.3 is 5.97 Å². The first kappa shape index (κ1) is 13.0. The lowest BCUT2D eigenvalue weighted by molar-refractivity contribution is 0.0695. The molecule has 0 fully saturated rings. The molecule has 5 heteroatoms. The maximum atomic E-state index is 11.8. The summed E-state index contributed by atoms with van der Waals surface area (Å²) in [5, 5.41) is 18.4. The quantitative estimate of drug-likeness (QED) is 0.862. The highest BCUT2D eigenvalue weighted by Crippen LogP contribution is 2.16. The summed E-state index contributed by atoms with van der Waals surface area (Å²) in [5.74, 6) is -1.11. The van der Waals surface area contributed by atoms with Crippen LogP contribution in [0.25, 0.3) is 0 Å². The summed E-state index contributed by atoms with van der Waals surface area (Å²) in [6.07, 6.45) is 1.25. The summed E-state index contributed by atoms with van der Waals surface area (Å²) in [6, 6.07) is 10.8. The Bertz CT molecular complexity index is 633. The molecule has 2 N–H and O–H groups in total. The van der Waals surface area contributed by atoms with E-state index in [1.807, 2.05) is 6.07 Å². The molecule has 1 heterocycles. The maximum absolute atomic E-state index is 11.8. The van der Waals surface area contributed by atoms with Crippen molar-refractivity contribution in [2.45, 2.75) is 6.04 Å². The topological polar surface area (TPSA) is 79.5 Å². The lowest BCUT2D eigenvalue weighted by Gasteiger charge is -2.18. The lowest BCUT2D eigenvalue weighted by atomic mass is 10.1. The molecule has 0 bridgehead atoms. The normalized spacial score (nSPS) is 12.1. The molecule has 5 nitrogen and oxygen atoms in total.